The van der Waals surface area contributed by atoms with Crippen LogP contribution < -0.4 is 5.32 Å². The van der Waals surface area contributed by atoms with Gasteiger partial charge in [0.05, 0.1) is 35.5 Å². The topological polar surface area (TPSA) is 78.9 Å². The van der Waals surface area contributed by atoms with Crippen LogP contribution in [0, 0.1) is 0 Å². The molecule has 6 nitrogen and oxygen atoms in total. The second-order valence-corrected chi connectivity index (χ2v) is 5.17. The number of aromatic carboxylic acids is 1. The van der Waals surface area contributed by atoms with Crippen LogP contribution in [0.3, 0.4) is 0 Å². The van der Waals surface area contributed by atoms with Gasteiger partial charge in [0, 0.05) is 6.54 Å². The number of benzene rings is 1. The third-order valence-electron chi connectivity index (χ3n) is 3.41. The summed E-state index contributed by atoms with van der Waals surface area (Å²) in [6, 6.07) is 3.92. The third-order valence-corrected chi connectivity index (χ3v) is 3.74. The number of hydrogen-bond acceptors (Lipinski definition) is 3. The maximum atomic E-state index is 12.3. The highest BCUT2D eigenvalue weighted by Crippen LogP contribution is 2.24. The molecule has 0 aliphatic carbocycles. The number of anilines is 1. The summed E-state index contributed by atoms with van der Waals surface area (Å²) in [6.45, 7) is 3.48. The molecular weight excluding hydrogens is 296 g/mol. The van der Waals surface area contributed by atoms with Crippen LogP contribution in [0.5, 0.6) is 0 Å². The highest BCUT2D eigenvalue weighted by atomic mass is 35.5. The Bertz CT molecular complexity index is 550. The van der Waals surface area contributed by atoms with E-state index in [1.54, 1.807) is 4.90 Å². The lowest BCUT2D eigenvalue weighted by molar-refractivity contribution is 0.0144. The van der Waals surface area contributed by atoms with Crippen molar-refractivity contribution in [2.75, 3.05) is 25.1 Å². The minimum absolute atomic E-state index is 0.0141. The Morgan fingerprint density at radius 2 is 2.29 bits per heavy atom. The zero-order valence-electron chi connectivity index (χ0n) is 11.6. The van der Waals surface area contributed by atoms with E-state index in [1.165, 1.54) is 18.2 Å². The van der Waals surface area contributed by atoms with Gasteiger partial charge in [-0.25, -0.2) is 9.59 Å². The second-order valence-electron chi connectivity index (χ2n) is 4.76. The first kappa shape index (κ1) is 15.6. The molecule has 2 N–H and O–H groups in total. The Morgan fingerprint density at radius 1 is 1.52 bits per heavy atom. The molecule has 2 amide bonds. The number of ether oxygens (including phenoxy) is 1. The largest absolute Gasteiger partial charge is 0.478 e. The van der Waals surface area contributed by atoms with Crippen molar-refractivity contribution in [2.45, 2.75) is 19.4 Å². The van der Waals surface area contributed by atoms with Gasteiger partial charge in [-0.2, -0.15) is 0 Å². The van der Waals surface area contributed by atoms with Crippen molar-refractivity contribution >= 4 is 29.3 Å². The molecule has 2 rings (SSSR count). The molecule has 0 bridgehead atoms. The van der Waals surface area contributed by atoms with Crippen molar-refractivity contribution in [1.29, 1.82) is 0 Å². The van der Waals surface area contributed by atoms with E-state index >= 15 is 0 Å². The predicted octanol–water partition coefficient (Wildman–Crippen LogP) is 2.68. The van der Waals surface area contributed by atoms with E-state index in [2.05, 4.69) is 5.32 Å². The molecular formula is C14H17ClN2O4. The van der Waals surface area contributed by atoms with Crippen LogP contribution in [0.4, 0.5) is 10.5 Å². The van der Waals surface area contributed by atoms with Crippen LogP contribution >= 0.6 is 11.6 Å². The predicted molar refractivity (Wildman–Crippen MR) is 79.0 cm³/mol. The van der Waals surface area contributed by atoms with Crippen LogP contribution in [-0.4, -0.2) is 47.8 Å². The number of carboxylic acid groups (broad SMARTS) is 1. The first-order valence-corrected chi connectivity index (χ1v) is 7.09. The maximum Gasteiger partial charge on any atom is 0.335 e. The standard InChI is InChI=1S/C14H17ClN2O4/c1-2-10-8-21-6-5-17(10)14(20)16-12-7-9(13(18)19)3-4-11(12)15/h3-4,7,10H,2,5-6,8H2,1H3,(H,16,20)(H,18,19). The van der Waals surface area contributed by atoms with Crippen molar-refractivity contribution in [3.8, 4) is 0 Å². The van der Waals surface area contributed by atoms with Crippen molar-refractivity contribution in [3.05, 3.63) is 28.8 Å². The summed E-state index contributed by atoms with van der Waals surface area (Å²) in [5.41, 5.74) is 0.367. The number of urea groups is 1. The molecule has 114 valence electrons. The smallest absolute Gasteiger partial charge is 0.335 e. The molecule has 0 aromatic heterocycles. The molecule has 1 aliphatic heterocycles. The fourth-order valence-corrected chi connectivity index (χ4v) is 2.37. The van der Waals surface area contributed by atoms with Gasteiger partial charge in [0.2, 0.25) is 0 Å². The van der Waals surface area contributed by atoms with E-state index in [-0.39, 0.29) is 17.6 Å². The van der Waals surface area contributed by atoms with Gasteiger partial charge in [-0.1, -0.05) is 18.5 Å². The number of halogens is 1. The SMILES string of the molecule is CCC1COCCN1C(=O)Nc1cc(C(=O)O)ccc1Cl. The number of carbonyl (C=O) groups excluding carboxylic acids is 1. The molecule has 21 heavy (non-hydrogen) atoms. The summed E-state index contributed by atoms with van der Waals surface area (Å²) in [5.74, 6) is -1.07. The molecule has 1 saturated heterocycles. The van der Waals surface area contributed by atoms with E-state index < -0.39 is 5.97 Å². The quantitative estimate of drug-likeness (QED) is 0.899. The Hall–Kier alpha value is -1.79. The molecule has 1 aliphatic rings. The van der Waals surface area contributed by atoms with Gasteiger partial charge in [-0.05, 0) is 24.6 Å². The molecule has 1 unspecified atom stereocenters. The lowest BCUT2D eigenvalue weighted by atomic mass is 10.2. The van der Waals surface area contributed by atoms with Crippen LogP contribution in [0.15, 0.2) is 18.2 Å². The molecule has 1 atom stereocenters. The third kappa shape index (κ3) is 3.65. The number of nitrogens with zero attached hydrogens (tertiary/aromatic N) is 1. The zero-order chi connectivity index (χ0) is 15.4. The molecule has 1 heterocycles. The summed E-state index contributed by atoms with van der Waals surface area (Å²) in [6.07, 6.45) is 0.788. The molecule has 0 spiro atoms. The Morgan fingerprint density at radius 3 is 2.95 bits per heavy atom. The normalized spacial score (nSPS) is 18.4. The van der Waals surface area contributed by atoms with Gasteiger partial charge in [-0.3, -0.25) is 0 Å². The van der Waals surface area contributed by atoms with Gasteiger partial charge in [0.1, 0.15) is 0 Å². The van der Waals surface area contributed by atoms with Crippen molar-refractivity contribution < 1.29 is 19.4 Å². The van der Waals surface area contributed by atoms with E-state index in [1.807, 2.05) is 6.92 Å². The van der Waals surface area contributed by atoms with E-state index in [9.17, 15) is 9.59 Å². The molecule has 1 fully saturated rings. The average Bonchev–Trinajstić information content (AvgIpc) is 2.49. The summed E-state index contributed by atoms with van der Waals surface area (Å²) in [7, 11) is 0. The highest BCUT2D eigenvalue weighted by molar-refractivity contribution is 6.33. The fraction of sp³-hybridized carbons (Fsp3) is 0.429. The first-order chi connectivity index (χ1) is 10.0. The maximum absolute atomic E-state index is 12.3. The number of nitrogens with one attached hydrogen (secondary N) is 1. The zero-order valence-corrected chi connectivity index (χ0v) is 12.4. The van der Waals surface area contributed by atoms with E-state index in [4.69, 9.17) is 21.4 Å². The minimum Gasteiger partial charge on any atom is -0.478 e. The van der Waals surface area contributed by atoms with Gasteiger partial charge in [0.15, 0.2) is 0 Å². The van der Waals surface area contributed by atoms with Crippen LogP contribution in [0.2, 0.25) is 5.02 Å². The molecule has 1 aromatic rings. The summed E-state index contributed by atoms with van der Waals surface area (Å²) in [4.78, 5) is 25.0. The van der Waals surface area contributed by atoms with E-state index in [0.29, 0.717) is 30.5 Å². The molecule has 7 heteroatoms. The molecule has 0 radical (unpaired) electrons. The number of hydrogen-bond donors (Lipinski definition) is 2. The Kier molecular flexibility index (Phi) is 5.03. The summed E-state index contributed by atoms with van der Waals surface area (Å²) < 4.78 is 5.35. The van der Waals surface area contributed by atoms with Gasteiger partial charge in [0.25, 0.3) is 0 Å². The molecule has 0 saturated carbocycles. The first-order valence-electron chi connectivity index (χ1n) is 6.71. The van der Waals surface area contributed by atoms with Crippen molar-refractivity contribution in [1.82, 2.24) is 4.90 Å². The number of carboxylic acids is 1. The molecule has 1 aromatic carbocycles. The van der Waals surface area contributed by atoms with Crippen LogP contribution in [0.1, 0.15) is 23.7 Å². The highest BCUT2D eigenvalue weighted by Gasteiger charge is 2.26. The van der Waals surface area contributed by atoms with Crippen molar-refractivity contribution in [2.24, 2.45) is 0 Å². The number of amides is 2. The summed E-state index contributed by atoms with van der Waals surface area (Å²) in [5, 5.41) is 12.0. The lowest BCUT2D eigenvalue weighted by Crippen LogP contribution is -2.50. The summed E-state index contributed by atoms with van der Waals surface area (Å²) >= 11 is 6.00. The van der Waals surface area contributed by atoms with Crippen LogP contribution in [0.25, 0.3) is 0 Å². The lowest BCUT2D eigenvalue weighted by Gasteiger charge is -2.35. The van der Waals surface area contributed by atoms with Gasteiger partial charge in [-0.15, -0.1) is 0 Å². The van der Waals surface area contributed by atoms with E-state index in [0.717, 1.165) is 6.42 Å². The Labute approximate surface area is 127 Å². The number of rotatable bonds is 3. The average molecular weight is 313 g/mol. The number of morpholine rings is 1. The fourth-order valence-electron chi connectivity index (χ4n) is 2.20. The monoisotopic (exact) mass is 312 g/mol. The van der Waals surface area contributed by atoms with Crippen LogP contribution in [-0.2, 0) is 4.74 Å². The number of carbonyl (C=O) groups is 2. The Balaban J connectivity index is 2.15. The van der Waals surface area contributed by atoms with Crippen molar-refractivity contribution in [3.63, 3.8) is 0 Å². The minimum atomic E-state index is -1.07. The van der Waals surface area contributed by atoms with Gasteiger partial charge >= 0.3 is 12.0 Å². The second kappa shape index (κ2) is 6.78. The van der Waals surface area contributed by atoms with Gasteiger partial charge < -0.3 is 20.1 Å².